The van der Waals surface area contributed by atoms with Gasteiger partial charge in [-0.25, -0.2) is 8.42 Å². The molecule has 0 bridgehead atoms. The van der Waals surface area contributed by atoms with Crippen LogP contribution in [0, 0.1) is 0 Å². The maximum atomic E-state index is 12.7. The lowest BCUT2D eigenvalue weighted by molar-refractivity contribution is 0.336. The monoisotopic (exact) mass is 455 g/mol. The maximum absolute atomic E-state index is 12.7. The molecule has 0 aliphatic heterocycles. The van der Waals surface area contributed by atoms with E-state index in [0.29, 0.717) is 28.0 Å². The first-order chi connectivity index (χ1) is 13.8. The molecule has 0 fully saturated rings. The van der Waals surface area contributed by atoms with E-state index < -0.39 is 10.0 Å². The largest absolute Gasteiger partial charge is 0.494 e. The van der Waals surface area contributed by atoms with Crippen molar-refractivity contribution in [2.24, 2.45) is 0 Å². The average molecular weight is 456 g/mol. The van der Waals surface area contributed by atoms with E-state index in [9.17, 15) is 8.42 Å². The third-order valence-corrected chi connectivity index (χ3v) is 6.55. The zero-order chi connectivity index (χ0) is 21.0. The Morgan fingerprint density at radius 2 is 1.76 bits per heavy atom. The van der Waals surface area contributed by atoms with Gasteiger partial charge in [-0.15, -0.1) is 0 Å². The molecule has 2 aromatic carbocycles. The molecule has 0 radical (unpaired) electrons. The van der Waals surface area contributed by atoms with E-state index in [1.54, 1.807) is 42.5 Å². The van der Waals surface area contributed by atoms with Crippen LogP contribution in [0.25, 0.3) is 11.4 Å². The van der Waals surface area contributed by atoms with Crippen molar-refractivity contribution >= 4 is 33.2 Å². The van der Waals surface area contributed by atoms with Gasteiger partial charge in [-0.3, -0.25) is 0 Å². The van der Waals surface area contributed by atoms with Crippen molar-refractivity contribution in [1.82, 2.24) is 14.4 Å². The Hall–Kier alpha value is -2.13. The Bertz CT molecular complexity index is 1060. The molecule has 0 aliphatic carbocycles. The van der Waals surface area contributed by atoms with E-state index in [0.717, 1.165) is 15.6 Å². The molecular formula is C19H19Cl2N3O4S. The highest BCUT2D eigenvalue weighted by atomic mass is 35.5. The van der Waals surface area contributed by atoms with Crippen molar-refractivity contribution in [3.8, 4) is 17.1 Å². The zero-order valence-electron chi connectivity index (χ0n) is 15.8. The zero-order valence-corrected chi connectivity index (χ0v) is 18.1. The van der Waals surface area contributed by atoms with Gasteiger partial charge in [0.25, 0.3) is 0 Å². The van der Waals surface area contributed by atoms with Crippen LogP contribution in [-0.4, -0.2) is 36.5 Å². The Morgan fingerprint density at radius 3 is 2.38 bits per heavy atom. The number of aromatic nitrogens is 2. The third kappa shape index (κ3) is 5.27. The molecule has 3 aromatic rings. The van der Waals surface area contributed by atoms with Gasteiger partial charge in [0.2, 0.25) is 21.7 Å². The summed E-state index contributed by atoms with van der Waals surface area (Å²) in [7, 11) is -2.27. The predicted octanol–water partition coefficient (Wildman–Crippen LogP) is 4.40. The SMILES string of the molecule is CCOc1ccc(-c2noc(CN(C)S(=O)(=O)Cc3c(Cl)cccc3Cl)n2)cc1. The molecule has 1 aromatic heterocycles. The minimum Gasteiger partial charge on any atom is -0.494 e. The maximum Gasteiger partial charge on any atom is 0.242 e. The summed E-state index contributed by atoms with van der Waals surface area (Å²) in [5.41, 5.74) is 1.08. The number of nitrogens with zero attached hydrogens (tertiary/aromatic N) is 3. The lowest BCUT2D eigenvalue weighted by Crippen LogP contribution is -2.28. The van der Waals surface area contributed by atoms with Gasteiger partial charge in [-0.2, -0.15) is 9.29 Å². The molecule has 0 atom stereocenters. The minimum atomic E-state index is -3.70. The highest BCUT2D eigenvalue weighted by Gasteiger charge is 2.24. The van der Waals surface area contributed by atoms with Crippen LogP contribution in [0.2, 0.25) is 10.0 Å². The normalized spacial score (nSPS) is 11.8. The number of benzene rings is 2. The summed E-state index contributed by atoms with van der Waals surface area (Å²) in [4.78, 5) is 4.27. The van der Waals surface area contributed by atoms with Crippen LogP contribution >= 0.6 is 23.2 Å². The van der Waals surface area contributed by atoms with Crippen molar-refractivity contribution in [3.63, 3.8) is 0 Å². The minimum absolute atomic E-state index is 0.0750. The van der Waals surface area contributed by atoms with Gasteiger partial charge in [-0.1, -0.05) is 34.4 Å². The van der Waals surface area contributed by atoms with E-state index in [1.165, 1.54) is 7.05 Å². The van der Waals surface area contributed by atoms with Gasteiger partial charge in [-0.05, 0) is 43.3 Å². The molecule has 29 heavy (non-hydrogen) atoms. The van der Waals surface area contributed by atoms with E-state index >= 15 is 0 Å². The van der Waals surface area contributed by atoms with Crippen LogP contribution in [0.5, 0.6) is 5.75 Å². The Morgan fingerprint density at radius 1 is 1.10 bits per heavy atom. The first kappa shape index (κ1) is 21.6. The molecule has 7 nitrogen and oxygen atoms in total. The van der Waals surface area contributed by atoms with Gasteiger partial charge in [0.1, 0.15) is 5.75 Å². The lowest BCUT2D eigenvalue weighted by Gasteiger charge is -2.16. The number of ether oxygens (including phenoxy) is 1. The summed E-state index contributed by atoms with van der Waals surface area (Å²) in [5.74, 6) is 0.944. The highest BCUT2D eigenvalue weighted by molar-refractivity contribution is 7.88. The summed E-state index contributed by atoms with van der Waals surface area (Å²) >= 11 is 12.2. The molecule has 0 amide bonds. The first-order valence-corrected chi connectivity index (χ1v) is 11.1. The number of hydrogen-bond donors (Lipinski definition) is 0. The highest BCUT2D eigenvalue weighted by Crippen LogP contribution is 2.27. The van der Waals surface area contributed by atoms with E-state index in [2.05, 4.69) is 10.1 Å². The van der Waals surface area contributed by atoms with Gasteiger partial charge in [0, 0.05) is 28.2 Å². The average Bonchev–Trinajstić information content (AvgIpc) is 3.14. The first-order valence-electron chi connectivity index (χ1n) is 8.73. The quantitative estimate of drug-likeness (QED) is 0.500. The molecule has 0 saturated carbocycles. The molecular weight excluding hydrogens is 437 g/mol. The Balaban J connectivity index is 1.71. The van der Waals surface area contributed by atoms with Gasteiger partial charge < -0.3 is 9.26 Å². The lowest BCUT2D eigenvalue weighted by atomic mass is 10.2. The van der Waals surface area contributed by atoms with Crippen LogP contribution in [0.1, 0.15) is 18.4 Å². The fourth-order valence-corrected chi connectivity index (χ4v) is 4.45. The molecule has 10 heteroatoms. The number of sulfonamides is 1. The van der Waals surface area contributed by atoms with E-state index in [4.69, 9.17) is 32.5 Å². The summed E-state index contributed by atoms with van der Waals surface area (Å²) < 4.78 is 37.1. The molecule has 0 unspecified atom stereocenters. The standard InChI is InChI=1S/C19H19Cl2N3O4S/c1-3-27-14-9-7-13(8-10-14)19-22-18(28-23-19)11-24(2)29(25,26)12-15-16(20)5-4-6-17(15)21/h4-10H,3,11-12H2,1-2H3. The topological polar surface area (TPSA) is 85.5 Å². The van der Waals surface area contributed by atoms with E-state index in [1.807, 2.05) is 6.92 Å². The molecule has 0 saturated heterocycles. The predicted molar refractivity (Wildman–Crippen MR) is 111 cm³/mol. The molecule has 0 spiro atoms. The second kappa shape index (κ2) is 9.13. The number of halogens is 2. The molecule has 3 rings (SSSR count). The smallest absolute Gasteiger partial charge is 0.242 e. The second-order valence-corrected chi connectivity index (χ2v) is 9.07. The van der Waals surface area contributed by atoms with Gasteiger partial charge in [0.05, 0.1) is 18.9 Å². The summed E-state index contributed by atoms with van der Waals surface area (Å²) in [5, 5.41) is 4.51. The third-order valence-electron chi connectivity index (χ3n) is 4.11. The van der Waals surface area contributed by atoms with Crippen molar-refractivity contribution in [2.45, 2.75) is 19.2 Å². The second-order valence-electron chi connectivity index (χ2n) is 6.18. The van der Waals surface area contributed by atoms with Crippen molar-refractivity contribution < 1.29 is 17.7 Å². The summed E-state index contributed by atoms with van der Waals surface area (Å²) in [6.07, 6.45) is 0. The van der Waals surface area contributed by atoms with Crippen LogP contribution in [0.4, 0.5) is 0 Å². The van der Waals surface area contributed by atoms with Crippen LogP contribution in [0.3, 0.4) is 0 Å². The van der Waals surface area contributed by atoms with Crippen LogP contribution in [-0.2, 0) is 22.3 Å². The van der Waals surface area contributed by atoms with Crippen molar-refractivity contribution in [1.29, 1.82) is 0 Å². The molecule has 154 valence electrons. The van der Waals surface area contributed by atoms with Crippen LogP contribution < -0.4 is 4.74 Å². The Labute approximate surface area is 179 Å². The Kier molecular flexibility index (Phi) is 6.79. The molecule has 0 N–H and O–H groups in total. The molecule has 0 aliphatic rings. The fourth-order valence-electron chi connectivity index (χ4n) is 2.55. The summed E-state index contributed by atoms with van der Waals surface area (Å²) in [6, 6.07) is 12.1. The van der Waals surface area contributed by atoms with E-state index in [-0.39, 0.29) is 18.2 Å². The number of rotatable bonds is 8. The van der Waals surface area contributed by atoms with Gasteiger partial charge >= 0.3 is 0 Å². The van der Waals surface area contributed by atoms with Crippen molar-refractivity contribution in [3.05, 3.63) is 64.0 Å². The van der Waals surface area contributed by atoms with Gasteiger partial charge in [0.15, 0.2) is 0 Å². The summed E-state index contributed by atoms with van der Waals surface area (Å²) in [6.45, 7) is 2.41. The fraction of sp³-hybridized carbons (Fsp3) is 0.263. The van der Waals surface area contributed by atoms with Crippen molar-refractivity contribution in [2.75, 3.05) is 13.7 Å². The number of hydrogen-bond acceptors (Lipinski definition) is 6. The molecule has 1 heterocycles. The van der Waals surface area contributed by atoms with Crippen LogP contribution in [0.15, 0.2) is 47.0 Å².